The van der Waals surface area contributed by atoms with Crippen LogP contribution in [0.3, 0.4) is 0 Å². The molecule has 2 nitrogen and oxygen atoms in total. The number of hydrogen-bond acceptors (Lipinski definition) is 1. The van der Waals surface area contributed by atoms with E-state index in [1.807, 2.05) is 31.2 Å². The van der Waals surface area contributed by atoms with Gasteiger partial charge >= 0.3 is 0 Å². The van der Waals surface area contributed by atoms with Crippen molar-refractivity contribution in [3.8, 4) is 0 Å². The SMILES string of the molecule is CCc1nc2ccccc2n1CC(F)F. The Bertz CT molecular complexity index is 463. The predicted molar refractivity (Wildman–Crippen MR) is 55.1 cm³/mol. The van der Waals surface area contributed by atoms with Crippen molar-refractivity contribution in [2.24, 2.45) is 0 Å². The fourth-order valence-corrected chi connectivity index (χ4v) is 1.74. The first-order chi connectivity index (χ1) is 7.22. The minimum Gasteiger partial charge on any atom is -0.322 e. The standard InChI is InChI=1S/C11H12F2N2/c1-2-11-14-8-5-3-4-6-9(8)15(11)7-10(12)13/h3-6,10H,2,7H2,1H3. The first-order valence-corrected chi connectivity index (χ1v) is 4.94. The molecule has 0 aliphatic heterocycles. The third-order valence-electron chi connectivity index (χ3n) is 2.37. The minimum atomic E-state index is -2.34. The van der Waals surface area contributed by atoms with E-state index in [0.717, 1.165) is 16.9 Å². The van der Waals surface area contributed by atoms with Gasteiger partial charge in [0.15, 0.2) is 0 Å². The number of halogens is 2. The minimum absolute atomic E-state index is 0.274. The number of para-hydroxylation sites is 2. The summed E-state index contributed by atoms with van der Waals surface area (Å²) in [6, 6.07) is 7.37. The van der Waals surface area contributed by atoms with Crippen molar-refractivity contribution < 1.29 is 8.78 Å². The average Bonchev–Trinajstić information content (AvgIpc) is 2.56. The van der Waals surface area contributed by atoms with Gasteiger partial charge in [0, 0.05) is 6.42 Å². The lowest BCUT2D eigenvalue weighted by Gasteiger charge is -2.06. The van der Waals surface area contributed by atoms with Gasteiger partial charge in [-0.05, 0) is 12.1 Å². The van der Waals surface area contributed by atoms with E-state index in [0.29, 0.717) is 6.42 Å². The molecule has 4 heteroatoms. The van der Waals surface area contributed by atoms with Crippen molar-refractivity contribution in [1.82, 2.24) is 9.55 Å². The third-order valence-corrected chi connectivity index (χ3v) is 2.37. The van der Waals surface area contributed by atoms with Crippen molar-refractivity contribution in [3.05, 3.63) is 30.1 Å². The zero-order chi connectivity index (χ0) is 10.8. The Morgan fingerprint density at radius 1 is 1.33 bits per heavy atom. The first kappa shape index (κ1) is 10.1. The number of imidazole rings is 1. The van der Waals surface area contributed by atoms with E-state index in [1.54, 1.807) is 4.57 Å². The molecule has 0 saturated carbocycles. The Labute approximate surface area is 86.5 Å². The highest BCUT2D eigenvalue weighted by molar-refractivity contribution is 5.75. The van der Waals surface area contributed by atoms with Crippen LogP contribution in [0.25, 0.3) is 11.0 Å². The van der Waals surface area contributed by atoms with Gasteiger partial charge in [0.1, 0.15) is 5.82 Å². The van der Waals surface area contributed by atoms with Crippen LogP contribution in [0.5, 0.6) is 0 Å². The lowest BCUT2D eigenvalue weighted by molar-refractivity contribution is 0.127. The molecule has 2 aromatic rings. The summed E-state index contributed by atoms with van der Waals surface area (Å²) in [5.41, 5.74) is 1.57. The Kier molecular flexibility index (Phi) is 2.66. The van der Waals surface area contributed by atoms with Crippen LogP contribution in [-0.4, -0.2) is 16.0 Å². The van der Waals surface area contributed by atoms with Crippen molar-refractivity contribution >= 4 is 11.0 Å². The van der Waals surface area contributed by atoms with E-state index in [9.17, 15) is 8.78 Å². The molecule has 0 bridgehead atoms. The summed E-state index contributed by atoms with van der Waals surface area (Å²) in [6.07, 6.45) is -1.67. The summed E-state index contributed by atoms with van der Waals surface area (Å²) in [4.78, 5) is 4.31. The second-order valence-corrected chi connectivity index (χ2v) is 3.37. The predicted octanol–water partition coefficient (Wildman–Crippen LogP) is 2.86. The summed E-state index contributed by atoms with van der Waals surface area (Å²) in [7, 11) is 0. The fourth-order valence-electron chi connectivity index (χ4n) is 1.74. The molecule has 1 aromatic carbocycles. The number of aromatic nitrogens is 2. The van der Waals surface area contributed by atoms with Crippen LogP contribution in [0, 0.1) is 0 Å². The highest BCUT2D eigenvalue weighted by Crippen LogP contribution is 2.17. The molecule has 1 heterocycles. The Morgan fingerprint density at radius 3 is 2.73 bits per heavy atom. The molecule has 0 aliphatic carbocycles. The van der Waals surface area contributed by atoms with Crippen LogP contribution in [-0.2, 0) is 13.0 Å². The van der Waals surface area contributed by atoms with E-state index in [-0.39, 0.29) is 6.54 Å². The van der Waals surface area contributed by atoms with Gasteiger partial charge in [-0.3, -0.25) is 0 Å². The molecule has 80 valence electrons. The van der Waals surface area contributed by atoms with Gasteiger partial charge in [-0.25, -0.2) is 13.8 Å². The lowest BCUT2D eigenvalue weighted by atomic mass is 10.3. The second-order valence-electron chi connectivity index (χ2n) is 3.37. The van der Waals surface area contributed by atoms with Crippen LogP contribution in [0.4, 0.5) is 8.78 Å². The van der Waals surface area contributed by atoms with E-state index in [2.05, 4.69) is 4.98 Å². The number of aryl methyl sites for hydroxylation is 1. The molecule has 0 radical (unpaired) electrons. The van der Waals surface area contributed by atoms with E-state index < -0.39 is 6.43 Å². The number of fused-ring (bicyclic) bond motifs is 1. The third kappa shape index (κ3) is 1.84. The fraction of sp³-hybridized carbons (Fsp3) is 0.364. The molecule has 2 rings (SSSR count). The maximum atomic E-state index is 12.4. The van der Waals surface area contributed by atoms with E-state index in [4.69, 9.17) is 0 Å². The molecule has 15 heavy (non-hydrogen) atoms. The van der Waals surface area contributed by atoms with Crippen molar-refractivity contribution in [2.45, 2.75) is 26.3 Å². The molecule has 1 aromatic heterocycles. The molecule has 0 saturated heterocycles. The maximum absolute atomic E-state index is 12.4. The van der Waals surface area contributed by atoms with Crippen molar-refractivity contribution in [3.63, 3.8) is 0 Å². The molecule has 0 atom stereocenters. The molecule has 0 unspecified atom stereocenters. The Morgan fingerprint density at radius 2 is 2.07 bits per heavy atom. The number of nitrogens with zero attached hydrogens (tertiary/aromatic N) is 2. The summed E-state index contributed by atoms with van der Waals surface area (Å²) in [5.74, 6) is 0.719. The topological polar surface area (TPSA) is 17.8 Å². The number of alkyl halides is 2. The van der Waals surface area contributed by atoms with Crippen molar-refractivity contribution in [1.29, 1.82) is 0 Å². The maximum Gasteiger partial charge on any atom is 0.256 e. The summed E-state index contributed by atoms with van der Waals surface area (Å²) >= 11 is 0. The highest BCUT2D eigenvalue weighted by atomic mass is 19.3. The van der Waals surface area contributed by atoms with Crippen molar-refractivity contribution in [2.75, 3.05) is 0 Å². The van der Waals surface area contributed by atoms with Gasteiger partial charge in [-0.15, -0.1) is 0 Å². The van der Waals surface area contributed by atoms with Crippen LogP contribution in [0.15, 0.2) is 24.3 Å². The molecule has 0 aliphatic rings. The lowest BCUT2D eigenvalue weighted by Crippen LogP contribution is -2.09. The number of benzene rings is 1. The van der Waals surface area contributed by atoms with E-state index >= 15 is 0 Å². The number of rotatable bonds is 3. The molecule has 0 amide bonds. The van der Waals surface area contributed by atoms with Gasteiger partial charge in [-0.1, -0.05) is 19.1 Å². The Balaban J connectivity index is 2.56. The summed E-state index contributed by atoms with van der Waals surface area (Å²) < 4.78 is 26.4. The second kappa shape index (κ2) is 3.96. The monoisotopic (exact) mass is 210 g/mol. The first-order valence-electron chi connectivity index (χ1n) is 4.94. The van der Waals surface area contributed by atoms with Crippen LogP contribution in [0.1, 0.15) is 12.7 Å². The van der Waals surface area contributed by atoms with Crippen LogP contribution < -0.4 is 0 Å². The van der Waals surface area contributed by atoms with Crippen LogP contribution >= 0.6 is 0 Å². The van der Waals surface area contributed by atoms with Crippen LogP contribution in [0.2, 0.25) is 0 Å². The molecule has 0 fully saturated rings. The zero-order valence-electron chi connectivity index (χ0n) is 8.45. The quantitative estimate of drug-likeness (QED) is 0.761. The van der Waals surface area contributed by atoms with Gasteiger partial charge in [0.2, 0.25) is 0 Å². The van der Waals surface area contributed by atoms with Gasteiger partial charge in [0.25, 0.3) is 6.43 Å². The normalized spacial score (nSPS) is 11.5. The smallest absolute Gasteiger partial charge is 0.256 e. The van der Waals surface area contributed by atoms with Gasteiger partial charge < -0.3 is 4.57 Å². The zero-order valence-corrected chi connectivity index (χ0v) is 8.45. The summed E-state index contributed by atoms with van der Waals surface area (Å²) in [6.45, 7) is 1.65. The van der Waals surface area contributed by atoms with E-state index in [1.165, 1.54) is 0 Å². The van der Waals surface area contributed by atoms with Gasteiger partial charge in [0.05, 0.1) is 17.6 Å². The molecular formula is C11H12F2N2. The average molecular weight is 210 g/mol. The molecule has 0 N–H and O–H groups in total. The molecule has 0 spiro atoms. The Hall–Kier alpha value is -1.45. The molecular weight excluding hydrogens is 198 g/mol. The number of hydrogen-bond donors (Lipinski definition) is 0. The van der Waals surface area contributed by atoms with Gasteiger partial charge in [-0.2, -0.15) is 0 Å². The highest BCUT2D eigenvalue weighted by Gasteiger charge is 2.12. The summed E-state index contributed by atoms with van der Waals surface area (Å²) in [5, 5.41) is 0. The largest absolute Gasteiger partial charge is 0.322 e.